The minimum absolute atomic E-state index is 0.0557. The molecule has 0 N–H and O–H groups in total. The van der Waals surface area contributed by atoms with E-state index in [1.165, 1.54) is 0 Å². The van der Waals surface area contributed by atoms with E-state index < -0.39 is 0 Å². The monoisotopic (exact) mass is 481 g/mol. The molecule has 0 saturated carbocycles. The molecule has 1 amide bonds. The number of esters is 1. The number of hydrogen-bond donors (Lipinski definition) is 0. The van der Waals surface area contributed by atoms with Crippen LogP contribution >= 0.6 is 11.6 Å². The van der Waals surface area contributed by atoms with Crippen LogP contribution in [-0.2, 0) is 14.3 Å². The number of amides is 1. The molecule has 2 heterocycles. The molecule has 1 atom stereocenters. The van der Waals surface area contributed by atoms with Gasteiger partial charge in [-0.25, -0.2) is 5.01 Å². The van der Waals surface area contributed by atoms with Gasteiger partial charge in [0.2, 0.25) is 0 Å². The van der Waals surface area contributed by atoms with Crippen LogP contribution in [0.2, 0.25) is 5.02 Å². The number of aryl methyl sites for hydroxylation is 2. The molecule has 180 valence electrons. The fraction of sp³-hybridized carbons (Fsp3) is 0.444. The van der Waals surface area contributed by atoms with Crippen LogP contribution in [0.15, 0.2) is 47.6 Å². The van der Waals surface area contributed by atoms with Crippen molar-refractivity contribution in [1.82, 2.24) is 9.91 Å². The minimum atomic E-state index is -0.242. The zero-order chi connectivity index (χ0) is 24.2. The normalized spacial score (nSPS) is 19.2. The van der Waals surface area contributed by atoms with Crippen molar-refractivity contribution < 1.29 is 14.3 Å². The van der Waals surface area contributed by atoms with E-state index in [-0.39, 0.29) is 30.4 Å². The molecule has 2 aliphatic rings. The molecule has 7 heteroatoms. The van der Waals surface area contributed by atoms with E-state index in [2.05, 4.69) is 36.9 Å². The highest BCUT2D eigenvalue weighted by Crippen LogP contribution is 2.37. The molecular formula is C27H32ClN3O3. The number of benzene rings is 2. The summed E-state index contributed by atoms with van der Waals surface area (Å²) in [5.41, 5.74) is 5.18. The summed E-state index contributed by atoms with van der Waals surface area (Å²) in [4.78, 5) is 27.6. The first-order valence-electron chi connectivity index (χ1n) is 12.0. The topological polar surface area (TPSA) is 62.2 Å². The number of carbonyl (C=O) groups excluding carboxylic acids is 2. The summed E-state index contributed by atoms with van der Waals surface area (Å²) >= 11 is 6.54. The Balaban J connectivity index is 1.53. The van der Waals surface area contributed by atoms with Gasteiger partial charge in [-0.1, -0.05) is 47.5 Å². The van der Waals surface area contributed by atoms with Gasteiger partial charge in [0.15, 0.2) is 0 Å². The number of likely N-dealkylation sites (tertiary alicyclic amines) is 1. The summed E-state index contributed by atoms with van der Waals surface area (Å²) in [7, 11) is 0. The third kappa shape index (κ3) is 5.34. The van der Waals surface area contributed by atoms with Gasteiger partial charge in [-0.05, 0) is 70.0 Å². The first-order valence-corrected chi connectivity index (χ1v) is 12.4. The molecule has 1 saturated heterocycles. The molecule has 0 radical (unpaired) electrons. The molecule has 0 aromatic heterocycles. The van der Waals surface area contributed by atoms with Gasteiger partial charge in [0, 0.05) is 17.0 Å². The first kappa shape index (κ1) is 24.4. The zero-order valence-electron chi connectivity index (χ0n) is 20.1. The molecule has 4 rings (SSSR count). The van der Waals surface area contributed by atoms with Crippen LogP contribution in [0.3, 0.4) is 0 Å². The number of hydrazone groups is 1. The molecule has 2 aromatic carbocycles. The quantitative estimate of drug-likeness (QED) is 0.550. The molecule has 2 aromatic rings. The van der Waals surface area contributed by atoms with Crippen LogP contribution in [-0.4, -0.2) is 53.7 Å². The highest BCUT2D eigenvalue weighted by molar-refractivity contribution is 6.31. The molecule has 6 nitrogen and oxygen atoms in total. The molecule has 0 spiro atoms. The van der Waals surface area contributed by atoms with Crippen LogP contribution in [0, 0.1) is 19.8 Å². The highest BCUT2D eigenvalue weighted by atomic mass is 35.5. The van der Waals surface area contributed by atoms with E-state index in [0.29, 0.717) is 44.0 Å². The standard InChI is InChI=1S/C27H32ClN3O3/c1-4-34-27(33)20-11-13-30(14-12-20)17-26(32)31-25(21-7-5-6-8-23(21)28)16-24(29-31)22-15-18(2)9-10-19(22)3/h5-10,15,20,25H,4,11-14,16-17H2,1-3H3/t25-/m0/s1. The van der Waals surface area contributed by atoms with Gasteiger partial charge in [-0.2, -0.15) is 5.10 Å². The number of ether oxygens (including phenoxy) is 1. The van der Waals surface area contributed by atoms with Crippen molar-refractivity contribution in [2.45, 2.75) is 46.1 Å². The van der Waals surface area contributed by atoms with Crippen molar-refractivity contribution in [2.24, 2.45) is 11.0 Å². The molecule has 0 unspecified atom stereocenters. The second kappa shape index (κ2) is 10.7. The van der Waals surface area contributed by atoms with Gasteiger partial charge in [-0.3, -0.25) is 14.5 Å². The Morgan fingerprint density at radius 2 is 1.85 bits per heavy atom. The zero-order valence-corrected chi connectivity index (χ0v) is 20.8. The fourth-order valence-corrected chi connectivity index (χ4v) is 5.05. The van der Waals surface area contributed by atoms with E-state index >= 15 is 0 Å². The third-order valence-electron chi connectivity index (χ3n) is 6.70. The van der Waals surface area contributed by atoms with Crippen molar-refractivity contribution in [2.75, 3.05) is 26.2 Å². The maximum absolute atomic E-state index is 13.5. The number of rotatable bonds is 6. The van der Waals surface area contributed by atoms with Crippen molar-refractivity contribution in [3.8, 4) is 0 Å². The van der Waals surface area contributed by atoms with E-state index in [1.807, 2.05) is 31.2 Å². The van der Waals surface area contributed by atoms with Gasteiger partial charge < -0.3 is 4.74 Å². The Morgan fingerprint density at radius 1 is 1.12 bits per heavy atom. The number of piperidine rings is 1. The third-order valence-corrected chi connectivity index (χ3v) is 7.04. The smallest absolute Gasteiger partial charge is 0.309 e. The van der Waals surface area contributed by atoms with Crippen LogP contribution in [0.25, 0.3) is 0 Å². The molecule has 1 fully saturated rings. The van der Waals surface area contributed by atoms with Crippen molar-refractivity contribution in [1.29, 1.82) is 0 Å². The van der Waals surface area contributed by atoms with E-state index in [9.17, 15) is 9.59 Å². The lowest BCUT2D eigenvalue weighted by molar-refractivity contribution is -0.149. The van der Waals surface area contributed by atoms with Gasteiger partial charge >= 0.3 is 5.97 Å². The average molecular weight is 482 g/mol. The van der Waals surface area contributed by atoms with Crippen LogP contribution < -0.4 is 0 Å². The Kier molecular flexibility index (Phi) is 7.69. The van der Waals surface area contributed by atoms with E-state index in [1.54, 1.807) is 5.01 Å². The van der Waals surface area contributed by atoms with E-state index in [4.69, 9.17) is 21.4 Å². The van der Waals surface area contributed by atoms with Crippen molar-refractivity contribution in [3.05, 3.63) is 69.7 Å². The lowest BCUT2D eigenvalue weighted by Crippen LogP contribution is -2.43. The second-order valence-corrected chi connectivity index (χ2v) is 9.55. The summed E-state index contributed by atoms with van der Waals surface area (Å²) in [5, 5.41) is 7.09. The van der Waals surface area contributed by atoms with Gasteiger partial charge in [-0.15, -0.1) is 0 Å². The number of nitrogens with zero attached hydrogens (tertiary/aromatic N) is 3. The Labute approximate surface area is 206 Å². The molecule has 0 bridgehead atoms. The fourth-order valence-electron chi connectivity index (χ4n) is 4.79. The first-order chi connectivity index (χ1) is 16.4. The van der Waals surface area contributed by atoms with Crippen LogP contribution in [0.4, 0.5) is 0 Å². The van der Waals surface area contributed by atoms with Gasteiger partial charge in [0.1, 0.15) is 0 Å². The Morgan fingerprint density at radius 3 is 2.56 bits per heavy atom. The Bertz CT molecular complexity index is 1090. The van der Waals surface area contributed by atoms with Gasteiger partial charge in [0.25, 0.3) is 5.91 Å². The molecule has 2 aliphatic heterocycles. The summed E-state index contributed by atoms with van der Waals surface area (Å²) in [6.45, 7) is 7.99. The van der Waals surface area contributed by atoms with E-state index in [0.717, 1.165) is 28.0 Å². The van der Waals surface area contributed by atoms with Crippen molar-refractivity contribution >= 4 is 29.2 Å². The van der Waals surface area contributed by atoms with Gasteiger partial charge in [0.05, 0.1) is 30.8 Å². The van der Waals surface area contributed by atoms with Crippen molar-refractivity contribution in [3.63, 3.8) is 0 Å². The Hall–Kier alpha value is -2.70. The molecule has 0 aliphatic carbocycles. The maximum Gasteiger partial charge on any atom is 0.309 e. The summed E-state index contributed by atoms with van der Waals surface area (Å²) in [6, 6.07) is 13.7. The summed E-state index contributed by atoms with van der Waals surface area (Å²) in [6.07, 6.45) is 2.03. The summed E-state index contributed by atoms with van der Waals surface area (Å²) in [5.74, 6) is -0.266. The summed E-state index contributed by atoms with van der Waals surface area (Å²) < 4.78 is 5.16. The average Bonchev–Trinajstić information content (AvgIpc) is 3.27. The van der Waals surface area contributed by atoms with Crippen LogP contribution in [0.1, 0.15) is 54.5 Å². The predicted molar refractivity (Wildman–Crippen MR) is 134 cm³/mol. The number of hydrogen-bond acceptors (Lipinski definition) is 5. The van der Waals surface area contributed by atoms with Crippen LogP contribution in [0.5, 0.6) is 0 Å². The number of carbonyl (C=O) groups is 2. The molecular weight excluding hydrogens is 450 g/mol. The lowest BCUT2D eigenvalue weighted by atomic mass is 9.95. The minimum Gasteiger partial charge on any atom is -0.466 e. The lowest BCUT2D eigenvalue weighted by Gasteiger charge is -2.32. The second-order valence-electron chi connectivity index (χ2n) is 9.15. The SMILES string of the molecule is CCOC(=O)C1CCN(CC(=O)N2N=C(c3cc(C)ccc3C)C[C@H]2c2ccccc2Cl)CC1. The predicted octanol–water partition coefficient (Wildman–Crippen LogP) is 4.91. The number of halogens is 1. The molecule has 34 heavy (non-hydrogen) atoms. The largest absolute Gasteiger partial charge is 0.466 e. The maximum atomic E-state index is 13.5. The highest BCUT2D eigenvalue weighted by Gasteiger charge is 2.36.